The van der Waals surface area contributed by atoms with Gasteiger partial charge in [0.15, 0.2) is 0 Å². The number of urea groups is 1. The second-order valence-electron chi connectivity index (χ2n) is 8.73. The molecule has 10 nitrogen and oxygen atoms in total. The monoisotopic (exact) mass is 504 g/mol. The maximum absolute atomic E-state index is 13.5. The third kappa shape index (κ3) is 5.94. The van der Waals surface area contributed by atoms with Crippen LogP contribution < -0.4 is 16.0 Å². The van der Waals surface area contributed by atoms with Gasteiger partial charge < -0.3 is 30.3 Å². The Morgan fingerprint density at radius 2 is 1.86 bits per heavy atom. The summed E-state index contributed by atoms with van der Waals surface area (Å²) in [4.78, 5) is 52.6. The summed E-state index contributed by atoms with van der Waals surface area (Å²) in [6.45, 7) is 2.10. The number of rotatable bonds is 6. The van der Waals surface area contributed by atoms with E-state index in [1.165, 1.54) is 0 Å². The predicted octanol–water partition coefficient (Wildman–Crippen LogP) is 2.33. The minimum Gasteiger partial charge on any atom is -0.433 e. The first-order valence-corrected chi connectivity index (χ1v) is 12.1. The lowest BCUT2D eigenvalue weighted by molar-refractivity contribution is -0.164. The Morgan fingerprint density at radius 3 is 2.60 bits per heavy atom. The van der Waals surface area contributed by atoms with Gasteiger partial charge in [-0.25, -0.2) is 4.79 Å². The van der Waals surface area contributed by atoms with Gasteiger partial charge >= 0.3 is 12.0 Å². The zero-order chi connectivity index (χ0) is 24.9. The van der Waals surface area contributed by atoms with Crippen LogP contribution in [0.3, 0.4) is 0 Å². The summed E-state index contributed by atoms with van der Waals surface area (Å²) in [6.07, 6.45) is 5.11. The lowest BCUT2D eigenvalue weighted by Gasteiger charge is -2.34. The van der Waals surface area contributed by atoms with Crippen LogP contribution in [0, 0.1) is 0 Å². The van der Waals surface area contributed by atoms with Crippen molar-refractivity contribution in [2.45, 2.75) is 69.5 Å². The Labute approximate surface area is 208 Å². The van der Waals surface area contributed by atoms with Crippen LogP contribution in [0.4, 0.5) is 10.5 Å². The number of amides is 4. The molecule has 0 spiro atoms. The van der Waals surface area contributed by atoms with E-state index in [1.54, 1.807) is 36.1 Å². The highest BCUT2D eigenvalue weighted by Gasteiger charge is 2.45. The van der Waals surface area contributed by atoms with Crippen LogP contribution in [0.1, 0.15) is 39.0 Å². The van der Waals surface area contributed by atoms with Crippen LogP contribution in [0.25, 0.3) is 0 Å². The first-order chi connectivity index (χ1) is 16.9. The molecule has 35 heavy (non-hydrogen) atoms. The van der Waals surface area contributed by atoms with Gasteiger partial charge in [-0.1, -0.05) is 23.8 Å². The zero-order valence-electron chi connectivity index (χ0n) is 19.4. The van der Waals surface area contributed by atoms with Gasteiger partial charge in [0.25, 0.3) is 0 Å². The molecule has 0 aromatic heterocycles. The van der Waals surface area contributed by atoms with Gasteiger partial charge in [-0.05, 0) is 56.9 Å². The minimum atomic E-state index is -0.842. The summed E-state index contributed by atoms with van der Waals surface area (Å²) in [6, 6.07) is 3.79. The number of cyclic esters (lactones) is 1. The topological polar surface area (TPSA) is 126 Å². The van der Waals surface area contributed by atoms with E-state index in [2.05, 4.69) is 16.0 Å². The molecule has 188 valence electrons. The molecular weight excluding hydrogens is 476 g/mol. The third-order valence-corrected chi connectivity index (χ3v) is 6.59. The second-order valence-corrected chi connectivity index (χ2v) is 9.16. The highest BCUT2D eigenvalue weighted by molar-refractivity contribution is 6.30. The normalized spacial score (nSPS) is 29.0. The molecule has 1 aromatic carbocycles. The summed E-state index contributed by atoms with van der Waals surface area (Å²) < 4.78 is 10.6. The standard InChI is InChI=1S/C24H29ClN4O6/c1-2-34-23-18(13-20(30)35-23)27-21(31)19-12-11-16-5-3-4-6-17(22(32)29(16)19)28-24(33)26-15-9-7-14(25)8-10-15/h3-4,7-10,16-19,23H,2,5-6,11-13H2,1H3,(H,27,31)(H2,26,28,33)/b4-3-/t16-,17+,18?,19+,23?/m1/s1. The number of halogens is 1. The van der Waals surface area contributed by atoms with Crippen molar-refractivity contribution in [3.05, 3.63) is 41.4 Å². The van der Waals surface area contributed by atoms with Crippen molar-refractivity contribution in [3.63, 3.8) is 0 Å². The fraction of sp³-hybridized carbons (Fsp3) is 0.500. The Balaban J connectivity index is 1.43. The average Bonchev–Trinajstić information content (AvgIpc) is 3.39. The Hall–Kier alpha value is -3.11. The van der Waals surface area contributed by atoms with Crippen molar-refractivity contribution < 1.29 is 28.7 Å². The largest absolute Gasteiger partial charge is 0.433 e. The number of nitrogens with one attached hydrogen (secondary N) is 3. The number of anilines is 1. The van der Waals surface area contributed by atoms with Crippen LogP contribution >= 0.6 is 11.6 Å². The van der Waals surface area contributed by atoms with Gasteiger partial charge in [0.2, 0.25) is 18.1 Å². The van der Waals surface area contributed by atoms with E-state index in [0.717, 1.165) is 0 Å². The molecule has 2 saturated heterocycles. The van der Waals surface area contributed by atoms with Crippen LogP contribution in [0.2, 0.25) is 5.02 Å². The van der Waals surface area contributed by atoms with Crippen LogP contribution in [-0.4, -0.2) is 65.8 Å². The fourth-order valence-electron chi connectivity index (χ4n) is 4.70. The number of hydrogen-bond donors (Lipinski definition) is 3. The van der Waals surface area contributed by atoms with E-state index in [-0.39, 0.29) is 24.3 Å². The van der Waals surface area contributed by atoms with Crippen molar-refractivity contribution in [3.8, 4) is 0 Å². The number of benzene rings is 1. The number of esters is 1. The van der Waals surface area contributed by atoms with Crippen molar-refractivity contribution in [2.24, 2.45) is 0 Å². The van der Waals surface area contributed by atoms with Crippen LogP contribution in [-0.2, 0) is 23.9 Å². The van der Waals surface area contributed by atoms with Gasteiger partial charge in [0.1, 0.15) is 18.1 Å². The van der Waals surface area contributed by atoms with Crippen molar-refractivity contribution in [1.29, 1.82) is 0 Å². The van der Waals surface area contributed by atoms with Crippen molar-refractivity contribution in [2.75, 3.05) is 11.9 Å². The highest BCUT2D eigenvalue weighted by Crippen LogP contribution is 2.30. The average molecular weight is 505 g/mol. The molecule has 0 saturated carbocycles. The number of carbonyl (C=O) groups is 4. The number of fused-ring (bicyclic) bond motifs is 1. The Kier molecular flexibility index (Phi) is 7.92. The first-order valence-electron chi connectivity index (χ1n) is 11.8. The summed E-state index contributed by atoms with van der Waals surface area (Å²) in [7, 11) is 0. The maximum Gasteiger partial charge on any atom is 0.319 e. The van der Waals surface area contributed by atoms with E-state index in [1.807, 2.05) is 12.2 Å². The molecule has 4 rings (SSSR count). The van der Waals surface area contributed by atoms with E-state index in [4.69, 9.17) is 21.1 Å². The summed E-state index contributed by atoms with van der Waals surface area (Å²) in [5.41, 5.74) is 0.536. The molecule has 0 bridgehead atoms. The van der Waals surface area contributed by atoms with E-state index in [0.29, 0.717) is 43.0 Å². The quantitative estimate of drug-likeness (QED) is 0.403. The molecule has 3 aliphatic rings. The predicted molar refractivity (Wildman–Crippen MR) is 127 cm³/mol. The zero-order valence-corrected chi connectivity index (χ0v) is 20.1. The van der Waals surface area contributed by atoms with Crippen LogP contribution in [0.5, 0.6) is 0 Å². The Morgan fingerprint density at radius 1 is 1.11 bits per heavy atom. The van der Waals surface area contributed by atoms with Gasteiger partial charge in [-0.15, -0.1) is 0 Å². The molecule has 2 fully saturated rings. The number of ether oxygens (including phenoxy) is 2. The molecule has 5 atom stereocenters. The molecule has 1 aromatic rings. The smallest absolute Gasteiger partial charge is 0.319 e. The van der Waals surface area contributed by atoms with E-state index in [9.17, 15) is 19.2 Å². The number of hydrogen-bond acceptors (Lipinski definition) is 6. The molecule has 4 amide bonds. The number of carbonyl (C=O) groups excluding carboxylic acids is 4. The van der Waals surface area contributed by atoms with Crippen molar-refractivity contribution >= 4 is 41.1 Å². The van der Waals surface area contributed by atoms with E-state index < -0.39 is 36.4 Å². The second kappa shape index (κ2) is 11.1. The SMILES string of the molecule is CCOC1OC(=O)CC1NC(=O)[C@@H]1CC[C@H]2C/C=C\C[C@H](NC(=O)Nc3ccc(Cl)cc3)C(=O)N21. The fourth-order valence-corrected chi connectivity index (χ4v) is 4.82. The molecule has 3 N–H and O–H groups in total. The number of nitrogens with zero attached hydrogens (tertiary/aromatic N) is 1. The third-order valence-electron chi connectivity index (χ3n) is 6.33. The first kappa shape index (κ1) is 25.0. The van der Waals surface area contributed by atoms with E-state index >= 15 is 0 Å². The highest BCUT2D eigenvalue weighted by atomic mass is 35.5. The summed E-state index contributed by atoms with van der Waals surface area (Å²) in [5, 5.41) is 8.81. The lowest BCUT2D eigenvalue weighted by atomic mass is 10.0. The van der Waals surface area contributed by atoms with Gasteiger partial charge in [0, 0.05) is 23.4 Å². The van der Waals surface area contributed by atoms with Gasteiger partial charge in [0.05, 0.1) is 6.42 Å². The molecular formula is C24H29ClN4O6. The maximum atomic E-state index is 13.5. The molecule has 11 heteroatoms. The van der Waals surface area contributed by atoms with Crippen molar-refractivity contribution in [1.82, 2.24) is 15.5 Å². The molecule has 0 radical (unpaired) electrons. The molecule has 0 aliphatic carbocycles. The molecule has 3 aliphatic heterocycles. The Bertz CT molecular complexity index is 1000. The summed E-state index contributed by atoms with van der Waals surface area (Å²) >= 11 is 5.88. The minimum absolute atomic E-state index is 0.0122. The lowest BCUT2D eigenvalue weighted by Crippen LogP contribution is -2.57. The summed E-state index contributed by atoms with van der Waals surface area (Å²) in [5.74, 6) is -1.12. The molecule has 3 heterocycles. The van der Waals surface area contributed by atoms with Crippen LogP contribution in [0.15, 0.2) is 36.4 Å². The molecule has 2 unspecified atom stereocenters. The van der Waals surface area contributed by atoms with Gasteiger partial charge in [-0.2, -0.15) is 0 Å². The van der Waals surface area contributed by atoms with Gasteiger partial charge in [-0.3, -0.25) is 14.4 Å².